The second-order valence-electron chi connectivity index (χ2n) is 7.34. The highest BCUT2D eigenvalue weighted by atomic mass is 32.1. The number of thiophene rings is 1. The molecule has 0 aliphatic carbocycles. The Morgan fingerprint density at radius 3 is 2.56 bits per heavy atom. The van der Waals surface area contributed by atoms with Crippen molar-refractivity contribution in [3.05, 3.63) is 76.9 Å². The minimum Gasteiger partial charge on any atom is -0.493 e. The molecule has 0 aliphatic rings. The van der Waals surface area contributed by atoms with Gasteiger partial charge in [0.1, 0.15) is 18.2 Å². The minimum atomic E-state index is -2.52. The topological polar surface area (TPSA) is 67.8 Å². The molecule has 0 spiro atoms. The molecule has 8 heteroatoms. The molecule has 0 aliphatic heterocycles. The Morgan fingerprint density at radius 1 is 1.00 bits per heavy atom. The predicted octanol–water partition coefficient (Wildman–Crippen LogP) is 6.10. The van der Waals surface area contributed by atoms with Crippen molar-refractivity contribution in [2.24, 2.45) is 0 Å². The third-order valence-corrected chi connectivity index (χ3v) is 6.20. The standard InChI is InChI=1S/C24H27FNO4PS/c25-21-10-7-19(8-11-21)5-1-2-14-29-23-12-9-20(17-22(23)24-6-3-16-32-24)18-26-13-4-15-30-31(27)28/h3,6-12,16-17,26H,1-2,4-5,13-15,18H2/p+1. The monoisotopic (exact) mass is 476 g/mol. The Hall–Kier alpha value is -2.15. The summed E-state index contributed by atoms with van der Waals surface area (Å²) in [6, 6.07) is 17.0. The summed E-state index contributed by atoms with van der Waals surface area (Å²) in [7, 11) is -2.52. The molecule has 0 radical (unpaired) electrons. The predicted molar refractivity (Wildman–Crippen MR) is 127 cm³/mol. The maximum atomic E-state index is 13.0. The second-order valence-corrected chi connectivity index (χ2v) is 9.02. The first-order valence-corrected chi connectivity index (χ1v) is 12.7. The molecule has 3 aromatic rings. The van der Waals surface area contributed by atoms with Crippen LogP contribution >= 0.6 is 19.6 Å². The van der Waals surface area contributed by atoms with Crippen molar-refractivity contribution >= 4 is 19.6 Å². The van der Waals surface area contributed by atoms with Crippen molar-refractivity contribution in [2.75, 3.05) is 19.8 Å². The summed E-state index contributed by atoms with van der Waals surface area (Å²) < 4.78 is 34.3. The summed E-state index contributed by atoms with van der Waals surface area (Å²) in [5, 5.41) is 5.38. The molecule has 5 nitrogen and oxygen atoms in total. The Morgan fingerprint density at radius 2 is 1.81 bits per heavy atom. The molecule has 32 heavy (non-hydrogen) atoms. The van der Waals surface area contributed by atoms with Crippen LogP contribution in [0.1, 0.15) is 30.4 Å². The van der Waals surface area contributed by atoms with Crippen molar-refractivity contribution < 1.29 is 23.1 Å². The van der Waals surface area contributed by atoms with E-state index in [0.717, 1.165) is 46.6 Å². The number of aryl methyl sites for hydroxylation is 1. The van der Waals surface area contributed by atoms with Crippen molar-refractivity contribution in [1.29, 1.82) is 0 Å². The number of halogens is 1. The van der Waals surface area contributed by atoms with Crippen LogP contribution in [0.4, 0.5) is 4.39 Å². The van der Waals surface area contributed by atoms with Gasteiger partial charge in [0, 0.05) is 21.6 Å². The van der Waals surface area contributed by atoms with Crippen LogP contribution < -0.4 is 10.1 Å². The van der Waals surface area contributed by atoms with Crippen molar-refractivity contribution in [1.82, 2.24) is 5.32 Å². The molecule has 2 N–H and O–H groups in total. The van der Waals surface area contributed by atoms with Crippen LogP contribution in [0.25, 0.3) is 10.4 Å². The lowest BCUT2D eigenvalue weighted by Gasteiger charge is -2.13. The van der Waals surface area contributed by atoms with Crippen LogP contribution in [0, 0.1) is 5.82 Å². The van der Waals surface area contributed by atoms with Gasteiger partial charge in [0.25, 0.3) is 0 Å². The number of hydrogen-bond acceptors (Lipinski definition) is 5. The zero-order valence-electron chi connectivity index (χ0n) is 17.8. The van der Waals surface area contributed by atoms with Gasteiger partial charge in [-0.3, -0.25) is 0 Å². The number of nitrogens with one attached hydrogen (secondary N) is 1. The van der Waals surface area contributed by atoms with E-state index >= 15 is 0 Å². The largest absolute Gasteiger partial charge is 0.694 e. The summed E-state index contributed by atoms with van der Waals surface area (Å²) in [5.74, 6) is 0.670. The van der Waals surface area contributed by atoms with Crippen LogP contribution in [0.15, 0.2) is 60.0 Å². The summed E-state index contributed by atoms with van der Waals surface area (Å²) >= 11 is 1.68. The molecule has 1 unspecified atom stereocenters. The molecule has 0 fully saturated rings. The van der Waals surface area contributed by atoms with Gasteiger partial charge >= 0.3 is 8.25 Å². The van der Waals surface area contributed by atoms with Crippen LogP contribution in [0.5, 0.6) is 5.75 Å². The maximum absolute atomic E-state index is 13.0. The molecule has 0 amide bonds. The van der Waals surface area contributed by atoms with E-state index < -0.39 is 8.25 Å². The molecular formula is C24H28FNO4PS+. The van der Waals surface area contributed by atoms with Crippen molar-refractivity contribution in [2.45, 2.75) is 32.2 Å². The Balaban J connectivity index is 1.49. The number of hydrogen-bond donors (Lipinski definition) is 2. The quantitative estimate of drug-likeness (QED) is 0.217. The van der Waals surface area contributed by atoms with E-state index in [2.05, 4.69) is 33.4 Å². The molecule has 0 saturated heterocycles. The molecule has 170 valence electrons. The van der Waals surface area contributed by atoms with E-state index in [1.54, 1.807) is 11.3 Å². The van der Waals surface area contributed by atoms with E-state index in [1.807, 2.05) is 24.3 Å². The lowest BCUT2D eigenvalue weighted by atomic mass is 10.1. The number of ether oxygens (including phenoxy) is 1. The van der Waals surface area contributed by atoms with Gasteiger partial charge in [0.2, 0.25) is 0 Å². The number of rotatable bonds is 14. The first-order valence-electron chi connectivity index (χ1n) is 10.7. The molecule has 0 saturated carbocycles. The van der Waals surface area contributed by atoms with E-state index in [0.29, 0.717) is 26.1 Å². The number of benzene rings is 2. The van der Waals surface area contributed by atoms with Gasteiger partial charge in [-0.1, -0.05) is 24.3 Å². The van der Waals surface area contributed by atoms with Gasteiger partial charge in [0.05, 0.1) is 6.61 Å². The van der Waals surface area contributed by atoms with Crippen LogP contribution in [-0.2, 0) is 22.1 Å². The Bertz CT molecular complexity index is 967. The number of unbranched alkanes of at least 4 members (excludes halogenated alkanes) is 1. The fraction of sp³-hybridized carbons (Fsp3) is 0.333. The van der Waals surface area contributed by atoms with Crippen molar-refractivity contribution in [3.63, 3.8) is 0 Å². The van der Waals surface area contributed by atoms with Gasteiger partial charge < -0.3 is 10.1 Å². The fourth-order valence-corrected chi connectivity index (χ4v) is 4.31. The first kappa shape index (κ1) is 24.5. The lowest BCUT2D eigenvalue weighted by Crippen LogP contribution is -2.16. The van der Waals surface area contributed by atoms with Gasteiger partial charge in [-0.25, -0.2) is 4.39 Å². The SMILES string of the molecule is O=[P+](O)OCCCNCc1ccc(OCCCCc2ccc(F)cc2)c(-c2cccs2)c1. The van der Waals surface area contributed by atoms with E-state index in [9.17, 15) is 8.96 Å². The van der Waals surface area contributed by atoms with Crippen LogP contribution in [0.3, 0.4) is 0 Å². The van der Waals surface area contributed by atoms with E-state index in [4.69, 9.17) is 9.63 Å². The minimum absolute atomic E-state index is 0.203. The Labute approximate surface area is 193 Å². The average Bonchev–Trinajstić information content (AvgIpc) is 3.32. The molecular weight excluding hydrogens is 448 g/mol. The third kappa shape index (κ3) is 8.41. The van der Waals surface area contributed by atoms with Gasteiger partial charge in [-0.05, 0) is 79.1 Å². The molecule has 1 heterocycles. The van der Waals surface area contributed by atoms with Gasteiger partial charge in [-0.15, -0.1) is 20.8 Å². The first-order chi connectivity index (χ1) is 15.6. The summed E-state index contributed by atoms with van der Waals surface area (Å²) in [6.45, 7) is 2.28. The summed E-state index contributed by atoms with van der Waals surface area (Å²) in [6.07, 6.45) is 3.48. The lowest BCUT2D eigenvalue weighted by molar-refractivity contribution is 0.276. The third-order valence-electron chi connectivity index (χ3n) is 4.89. The zero-order chi connectivity index (χ0) is 22.6. The Kier molecular flexibility index (Phi) is 10.3. The van der Waals surface area contributed by atoms with Crippen molar-refractivity contribution in [3.8, 4) is 16.2 Å². The maximum Gasteiger partial charge on any atom is 0.694 e. The summed E-state index contributed by atoms with van der Waals surface area (Å²) in [5.41, 5.74) is 3.36. The van der Waals surface area contributed by atoms with E-state index in [1.165, 1.54) is 12.1 Å². The molecule has 2 aromatic carbocycles. The smallest absolute Gasteiger partial charge is 0.493 e. The average molecular weight is 477 g/mol. The van der Waals surface area contributed by atoms with E-state index in [-0.39, 0.29) is 12.4 Å². The molecule has 1 atom stereocenters. The van der Waals surface area contributed by atoms with Crippen LogP contribution in [0.2, 0.25) is 0 Å². The summed E-state index contributed by atoms with van der Waals surface area (Å²) in [4.78, 5) is 9.79. The highest BCUT2D eigenvalue weighted by Crippen LogP contribution is 2.34. The van der Waals surface area contributed by atoms with Gasteiger partial charge in [-0.2, -0.15) is 0 Å². The zero-order valence-corrected chi connectivity index (χ0v) is 19.5. The fourth-order valence-electron chi connectivity index (χ4n) is 3.27. The van der Waals surface area contributed by atoms with Gasteiger partial charge in [0.15, 0.2) is 0 Å². The molecule has 1 aromatic heterocycles. The second kappa shape index (κ2) is 13.4. The van der Waals surface area contributed by atoms with Crippen LogP contribution in [-0.4, -0.2) is 24.7 Å². The molecule has 3 rings (SSSR count). The highest BCUT2D eigenvalue weighted by molar-refractivity contribution is 7.32. The highest BCUT2D eigenvalue weighted by Gasteiger charge is 2.11. The normalized spacial score (nSPS) is 11.5. The molecule has 0 bridgehead atoms.